The molecule has 0 aliphatic carbocycles. The van der Waals surface area contributed by atoms with E-state index in [1.165, 1.54) is 12.4 Å². The second-order valence-corrected chi connectivity index (χ2v) is 4.41. The molecule has 0 unspecified atom stereocenters. The number of aromatic nitrogens is 2. The average Bonchev–Trinajstić information content (AvgIpc) is 2.55. The quantitative estimate of drug-likeness (QED) is 0.504. The summed E-state index contributed by atoms with van der Waals surface area (Å²) in [6.07, 6.45) is 2.77. The first-order chi connectivity index (χ1) is 10.3. The number of hydrazine groups is 1. The second-order valence-electron chi connectivity index (χ2n) is 4.41. The summed E-state index contributed by atoms with van der Waals surface area (Å²) >= 11 is 0. The average molecular weight is 279 g/mol. The highest BCUT2D eigenvalue weighted by atomic mass is 16.1. The van der Waals surface area contributed by atoms with Crippen molar-refractivity contribution in [3.63, 3.8) is 0 Å². The Balaban J connectivity index is 1.89. The lowest BCUT2D eigenvalue weighted by Gasteiger charge is -2.08. The van der Waals surface area contributed by atoms with Gasteiger partial charge in [0.05, 0.1) is 12.4 Å². The monoisotopic (exact) mass is 279 g/mol. The molecule has 6 heteroatoms. The lowest BCUT2D eigenvalue weighted by atomic mass is 10.1. The van der Waals surface area contributed by atoms with E-state index < -0.39 is 0 Å². The molecule has 0 atom stereocenters. The van der Waals surface area contributed by atoms with Gasteiger partial charge in [0, 0.05) is 11.1 Å². The fraction of sp³-hybridized carbons (Fsp3) is 0. The number of rotatable bonds is 3. The van der Waals surface area contributed by atoms with Crippen molar-refractivity contribution in [2.75, 3.05) is 10.7 Å². The summed E-state index contributed by atoms with van der Waals surface area (Å²) in [5, 5.41) is 4.88. The van der Waals surface area contributed by atoms with Crippen LogP contribution in [0, 0.1) is 0 Å². The van der Waals surface area contributed by atoms with Gasteiger partial charge < -0.3 is 10.7 Å². The summed E-state index contributed by atoms with van der Waals surface area (Å²) in [5.74, 6) is 5.29. The third-order valence-corrected chi connectivity index (χ3v) is 3.07. The van der Waals surface area contributed by atoms with Crippen LogP contribution in [0.4, 0.5) is 11.5 Å². The molecule has 0 saturated heterocycles. The van der Waals surface area contributed by atoms with E-state index in [1.54, 1.807) is 0 Å². The molecule has 0 aliphatic heterocycles. The highest BCUT2D eigenvalue weighted by Gasteiger charge is 2.10. The minimum absolute atomic E-state index is 0.224. The Morgan fingerprint density at radius 3 is 2.57 bits per heavy atom. The zero-order valence-electron chi connectivity index (χ0n) is 11.1. The van der Waals surface area contributed by atoms with Crippen molar-refractivity contribution in [1.82, 2.24) is 9.97 Å². The Kier molecular flexibility index (Phi) is 3.44. The SMILES string of the molecule is NNc1cnc(C(=O)Nc2cccc3ccccc23)cn1. The van der Waals surface area contributed by atoms with E-state index >= 15 is 0 Å². The molecule has 3 aromatic rings. The molecule has 1 heterocycles. The summed E-state index contributed by atoms with van der Waals surface area (Å²) < 4.78 is 0. The molecule has 0 saturated carbocycles. The number of amides is 1. The highest BCUT2D eigenvalue weighted by molar-refractivity contribution is 6.08. The molecule has 2 aromatic carbocycles. The Labute approximate surface area is 121 Å². The van der Waals surface area contributed by atoms with Crippen LogP contribution in [0.1, 0.15) is 10.5 Å². The Hall–Kier alpha value is -2.99. The number of nitrogen functional groups attached to an aromatic ring is 1. The van der Waals surface area contributed by atoms with E-state index in [9.17, 15) is 4.79 Å². The number of benzene rings is 2. The smallest absolute Gasteiger partial charge is 0.275 e. The van der Waals surface area contributed by atoms with Crippen LogP contribution < -0.4 is 16.6 Å². The molecule has 1 amide bonds. The van der Waals surface area contributed by atoms with Crippen LogP contribution >= 0.6 is 0 Å². The van der Waals surface area contributed by atoms with Crippen LogP contribution in [0.5, 0.6) is 0 Å². The van der Waals surface area contributed by atoms with E-state index in [0.717, 1.165) is 16.5 Å². The molecule has 0 radical (unpaired) electrons. The molecule has 0 aliphatic rings. The number of hydrogen-bond acceptors (Lipinski definition) is 5. The predicted molar refractivity (Wildman–Crippen MR) is 81.7 cm³/mol. The third-order valence-electron chi connectivity index (χ3n) is 3.07. The van der Waals surface area contributed by atoms with Crippen LogP contribution in [0.3, 0.4) is 0 Å². The maximum atomic E-state index is 12.2. The van der Waals surface area contributed by atoms with Gasteiger partial charge in [-0.05, 0) is 11.5 Å². The first kappa shape index (κ1) is 13.0. The van der Waals surface area contributed by atoms with Crippen LogP contribution in [0.2, 0.25) is 0 Å². The summed E-state index contributed by atoms with van der Waals surface area (Å²) in [7, 11) is 0. The van der Waals surface area contributed by atoms with Crippen LogP contribution in [-0.2, 0) is 0 Å². The molecule has 0 spiro atoms. The van der Waals surface area contributed by atoms with Gasteiger partial charge in [-0.3, -0.25) is 4.79 Å². The van der Waals surface area contributed by atoms with Crippen molar-refractivity contribution in [2.24, 2.45) is 5.84 Å². The van der Waals surface area contributed by atoms with E-state index in [1.807, 2.05) is 42.5 Å². The van der Waals surface area contributed by atoms with Crippen LogP contribution in [0.25, 0.3) is 10.8 Å². The van der Waals surface area contributed by atoms with Crippen molar-refractivity contribution >= 4 is 28.2 Å². The minimum atomic E-state index is -0.317. The summed E-state index contributed by atoms with van der Waals surface area (Å²) in [5.41, 5.74) is 3.32. The van der Waals surface area contributed by atoms with E-state index in [-0.39, 0.29) is 11.6 Å². The van der Waals surface area contributed by atoms with Crippen molar-refractivity contribution in [1.29, 1.82) is 0 Å². The van der Waals surface area contributed by atoms with Gasteiger partial charge in [0.25, 0.3) is 5.91 Å². The Morgan fingerprint density at radius 1 is 1.00 bits per heavy atom. The topological polar surface area (TPSA) is 92.9 Å². The molecule has 0 fully saturated rings. The Morgan fingerprint density at radius 2 is 1.81 bits per heavy atom. The number of fused-ring (bicyclic) bond motifs is 1. The summed E-state index contributed by atoms with van der Waals surface area (Å²) in [4.78, 5) is 20.2. The van der Waals surface area contributed by atoms with Gasteiger partial charge >= 0.3 is 0 Å². The predicted octanol–water partition coefficient (Wildman–Crippen LogP) is 2.17. The zero-order valence-corrected chi connectivity index (χ0v) is 11.1. The number of hydrogen-bond donors (Lipinski definition) is 3. The molecular formula is C15H13N5O. The van der Waals surface area contributed by atoms with Gasteiger partial charge in [0.15, 0.2) is 5.82 Å². The zero-order chi connectivity index (χ0) is 14.7. The van der Waals surface area contributed by atoms with Gasteiger partial charge in [-0.1, -0.05) is 36.4 Å². The standard InChI is InChI=1S/C15H13N5O/c16-20-14-9-17-13(8-18-14)15(21)19-12-7-3-5-10-4-1-2-6-11(10)12/h1-9H,16H2,(H,18,20)(H,19,21). The molecule has 3 rings (SSSR count). The van der Waals surface area contributed by atoms with E-state index in [2.05, 4.69) is 20.7 Å². The van der Waals surface area contributed by atoms with Crippen LogP contribution in [0.15, 0.2) is 54.9 Å². The number of anilines is 2. The normalized spacial score (nSPS) is 10.3. The highest BCUT2D eigenvalue weighted by Crippen LogP contribution is 2.23. The largest absolute Gasteiger partial charge is 0.320 e. The van der Waals surface area contributed by atoms with Gasteiger partial charge in [0.1, 0.15) is 5.69 Å². The molecular weight excluding hydrogens is 266 g/mol. The van der Waals surface area contributed by atoms with Gasteiger partial charge in [0.2, 0.25) is 0 Å². The van der Waals surface area contributed by atoms with E-state index in [0.29, 0.717) is 5.82 Å². The number of nitrogens with zero attached hydrogens (tertiary/aromatic N) is 2. The first-order valence-electron chi connectivity index (χ1n) is 6.36. The fourth-order valence-corrected chi connectivity index (χ4v) is 2.04. The van der Waals surface area contributed by atoms with Gasteiger partial charge in [-0.25, -0.2) is 15.8 Å². The number of nitrogens with two attached hydrogens (primary N) is 1. The lowest BCUT2D eigenvalue weighted by molar-refractivity contribution is 0.102. The lowest BCUT2D eigenvalue weighted by Crippen LogP contribution is -2.15. The second kappa shape index (κ2) is 5.56. The first-order valence-corrected chi connectivity index (χ1v) is 6.36. The number of carbonyl (C=O) groups is 1. The van der Waals surface area contributed by atoms with Crippen LogP contribution in [-0.4, -0.2) is 15.9 Å². The molecule has 4 N–H and O–H groups in total. The van der Waals surface area contributed by atoms with Gasteiger partial charge in [-0.2, -0.15) is 0 Å². The third kappa shape index (κ3) is 2.65. The Bertz CT molecular complexity index is 780. The van der Waals surface area contributed by atoms with Crippen molar-refractivity contribution in [3.05, 3.63) is 60.6 Å². The maximum absolute atomic E-state index is 12.2. The molecule has 1 aromatic heterocycles. The van der Waals surface area contributed by atoms with E-state index in [4.69, 9.17) is 5.84 Å². The number of nitrogens with one attached hydrogen (secondary N) is 2. The van der Waals surface area contributed by atoms with Gasteiger partial charge in [-0.15, -0.1) is 0 Å². The fourth-order valence-electron chi connectivity index (χ4n) is 2.04. The molecule has 6 nitrogen and oxygen atoms in total. The van der Waals surface area contributed by atoms with Crippen molar-refractivity contribution in [3.8, 4) is 0 Å². The molecule has 21 heavy (non-hydrogen) atoms. The molecule has 0 bridgehead atoms. The number of carbonyl (C=O) groups excluding carboxylic acids is 1. The van der Waals surface area contributed by atoms with Crippen molar-refractivity contribution in [2.45, 2.75) is 0 Å². The maximum Gasteiger partial charge on any atom is 0.275 e. The van der Waals surface area contributed by atoms with Crippen molar-refractivity contribution < 1.29 is 4.79 Å². The minimum Gasteiger partial charge on any atom is -0.320 e. The molecule has 104 valence electrons. The summed E-state index contributed by atoms with van der Waals surface area (Å²) in [6.45, 7) is 0. The summed E-state index contributed by atoms with van der Waals surface area (Å²) in [6, 6.07) is 13.6.